The fourth-order valence-corrected chi connectivity index (χ4v) is 1.80. The molecule has 0 bridgehead atoms. The monoisotopic (exact) mass is 225 g/mol. The van der Waals surface area contributed by atoms with E-state index in [1.165, 1.54) is 0 Å². The number of anilines is 2. The van der Waals surface area contributed by atoms with Gasteiger partial charge in [-0.05, 0) is 35.4 Å². The first-order valence-electron chi connectivity index (χ1n) is 5.24. The minimum Gasteiger partial charge on any atom is -0.424 e. The van der Waals surface area contributed by atoms with Gasteiger partial charge in [0, 0.05) is 5.69 Å². The molecule has 0 spiro atoms. The second-order valence-electron chi connectivity index (χ2n) is 3.86. The third-order valence-electron chi connectivity index (χ3n) is 2.65. The summed E-state index contributed by atoms with van der Waals surface area (Å²) in [7, 11) is 0. The van der Waals surface area contributed by atoms with Gasteiger partial charge in [-0.1, -0.05) is 18.2 Å². The maximum absolute atomic E-state index is 5.65. The Bertz CT molecular complexity index is 671. The summed E-state index contributed by atoms with van der Waals surface area (Å²) in [5, 5.41) is 0. The van der Waals surface area contributed by atoms with Gasteiger partial charge >= 0.3 is 0 Å². The molecule has 0 radical (unpaired) electrons. The highest BCUT2D eigenvalue weighted by Gasteiger charge is 2.04. The van der Waals surface area contributed by atoms with Crippen LogP contribution in [-0.2, 0) is 0 Å². The Morgan fingerprint density at radius 3 is 2.35 bits per heavy atom. The van der Waals surface area contributed by atoms with Gasteiger partial charge in [0.1, 0.15) is 5.52 Å². The van der Waals surface area contributed by atoms with Crippen molar-refractivity contribution >= 4 is 22.8 Å². The lowest BCUT2D eigenvalue weighted by atomic mass is 10.1. The molecule has 3 aromatic rings. The zero-order chi connectivity index (χ0) is 11.8. The standard InChI is InChI=1S/C13H11N3O/c14-10-4-1-8(2-5-10)9-3-6-12-11(7-9)16-13(15)17-12/h1-7H,14H2,(H2,15,16). The molecule has 0 unspecified atom stereocenters. The smallest absolute Gasteiger partial charge is 0.292 e. The second-order valence-corrected chi connectivity index (χ2v) is 3.86. The van der Waals surface area contributed by atoms with Crippen molar-refractivity contribution in [1.29, 1.82) is 0 Å². The van der Waals surface area contributed by atoms with Crippen LogP contribution in [0.15, 0.2) is 46.9 Å². The van der Waals surface area contributed by atoms with Crippen LogP contribution in [0.5, 0.6) is 0 Å². The van der Waals surface area contributed by atoms with E-state index in [0.29, 0.717) is 5.58 Å². The molecule has 4 N–H and O–H groups in total. The van der Waals surface area contributed by atoms with E-state index in [9.17, 15) is 0 Å². The van der Waals surface area contributed by atoms with Gasteiger partial charge in [0.05, 0.1) is 0 Å². The molecule has 4 heteroatoms. The van der Waals surface area contributed by atoms with Crippen LogP contribution in [-0.4, -0.2) is 4.98 Å². The molecule has 0 aliphatic heterocycles. The molecule has 0 amide bonds. The Kier molecular flexibility index (Phi) is 2.01. The van der Waals surface area contributed by atoms with Crippen LogP contribution in [0.25, 0.3) is 22.2 Å². The zero-order valence-corrected chi connectivity index (χ0v) is 9.05. The lowest BCUT2D eigenvalue weighted by Gasteiger charge is -2.01. The molecule has 2 aromatic carbocycles. The number of rotatable bonds is 1. The zero-order valence-electron chi connectivity index (χ0n) is 9.05. The maximum Gasteiger partial charge on any atom is 0.292 e. The molecule has 0 fully saturated rings. The third kappa shape index (κ3) is 1.69. The highest BCUT2D eigenvalue weighted by atomic mass is 16.4. The molecule has 84 valence electrons. The summed E-state index contributed by atoms with van der Waals surface area (Å²) in [6.07, 6.45) is 0. The van der Waals surface area contributed by atoms with Crippen molar-refractivity contribution in [2.24, 2.45) is 0 Å². The normalized spacial score (nSPS) is 10.8. The molecule has 0 aliphatic carbocycles. The molecular weight excluding hydrogens is 214 g/mol. The first kappa shape index (κ1) is 9.72. The topological polar surface area (TPSA) is 78.1 Å². The van der Waals surface area contributed by atoms with Crippen LogP contribution >= 0.6 is 0 Å². The number of nitrogens with two attached hydrogens (primary N) is 2. The van der Waals surface area contributed by atoms with Gasteiger partial charge in [-0.2, -0.15) is 4.98 Å². The van der Waals surface area contributed by atoms with Gasteiger partial charge in [-0.3, -0.25) is 0 Å². The van der Waals surface area contributed by atoms with Crippen LogP contribution < -0.4 is 11.5 Å². The lowest BCUT2D eigenvalue weighted by molar-refractivity contribution is 0.626. The van der Waals surface area contributed by atoms with Crippen LogP contribution in [0.1, 0.15) is 0 Å². The van der Waals surface area contributed by atoms with E-state index in [0.717, 1.165) is 22.3 Å². The molecule has 0 saturated heterocycles. The summed E-state index contributed by atoms with van der Waals surface area (Å²) in [5.41, 5.74) is 15.5. The summed E-state index contributed by atoms with van der Waals surface area (Å²) in [6.45, 7) is 0. The molecule has 17 heavy (non-hydrogen) atoms. The van der Waals surface area contributed by atoms with Gasteiger partial charge in [0.25, 0.3) is 6.01 Å². The number of hydrogen-bond donors (Lipinski definition) is 2. The van der Waals surface area contributed by atoms with Gasteiger partial charge in [-0.15, -0.1) is 0 Å². The summed E-state index contributed by atoms with van der Waals surface area (Å²) in [5.74, 6) is 0. The SMILES string of the molecule is Nc1ccc(-c2ccc3oc(N)nc3c2)cc1. The largest absolute Gasteiger partial charge is 0.424 e. The quantitative estimate of drug-likeness (QED) is 0.624. The first-order chi connectivity index (χ1) is 8.22. The van der Waals surface area contributed by atoms with Crippen LogP contribution in [0.2, 0.25) is 0 Å². The number of nitrogen functional groups attached to an aromatic ring is 2. The molecule has 1 heterocycles. The van der Waals surface area contributed by atoms with E-state index in [1.54, 1.807) is 0 Å². The minimum absolute atomic E-state index is 0.189. The van der Waals surface area contributed by atoms with Crippen molar-refractivity contribution in [3.63, 3.8) is 0 Å². The van der Waals surface area contributed by atoms with E-state index in [4.69, 9.17) is 15.9 Å². The second kappa shape index (κ2) is 3.52. The summed E-state index contributed by atoms with van der Waals surface area (Å²) >= 11 is 0. The molecule has 0 aliphatic rings. The van der Waals surface area contributed by atoms with Crippen molar-refractivity contribution in [2.45, 2.75) is 0 Å². The van der Waals surface area contributed by atoms with Crippen LogP contribution in [0.3, 0.4) is 0 Å². The summed E-state index contributed by atoms with van der Waals surface area (Å²) < 4.78 is 5.22. The highest BCUT2D eigenvalue weighted by molar-refractivity contribution is 5.81. The number of aromatic nitrogens is 1. The number of hydrogen-bond acceptors (Lipinski definition) is 4. The van der Waals surface area contributed by atoms with Crippen molar-refractivity contribution < 1.29 is 4.42 Å². The Morgan fingerprint density at radius 1 is 0.882 bits per heavy atom. The van der Waals surface area contributed by atoms with Crippen molar-refractivity contribution in [2.75, 3.05) is 11.5 Å². The Morgan fingerprint density at radius 2 is 1.59 bits per heavy atom. The predicted octanol–water partition coefficient (Wildman–Crippen LogP) is 2.66. The third-order valence-corrected chi connectivity index (χ3v) is 2.65. The average Bonchev–Trinajstić information content (AvgIpc) is 2.69. The summed E-state index contributed by atoms with van der Waals surface area (Å²) in [4.78, 5) is 4.10. The van der Waals surface area contributed by atoms with Crippen LogP contribution in [0.4, 0.5) is 11.7 Å². The number of nitrogens with zero attached hydrogens (tertiary/aromatic N) is 1. The minimum atomic E-state index is 0.189. The van der Waals surface area contributed by atoms with E-state index in [1.807, 2.05) is 42.5 Å². The molecule has 0 atom stereocenters. The van der Waals surface area contributed by atoms with E-state index in [2.05, 4.69) is 4.98 Å². The molecular formula is C13H11N3O. The van der Waals surface area contributed by atoms with Gasteiger partial charge in [-0.25, -0.2) is 0 Å². The number of benzene rings is 2. The fraction of sp³-hybridized carbons (Fsp3) is 0. The van der Waals surface area contributed by atoms with E-state index >= 15 is 0 Å². The summed E-state index contributed by atoms with van der Waals surface area (Å²) in [6, 6.07) is 13.7. The van der Waals surface area contributed by atoms with Crippen molar-refractivity contribution in [1.82, 2.24) is 4.98 Å². The Labute approximate surface area is 97.9 Å². The van der Waals surface area contributed by atoms with Crippen molar-refractivity contribution in [3.8, 4) is 11.1 Å². The van der Waals surface area contributed by atoms with Gasteiger partial charge < -0.3 is 15.9 Å². The lowest BCUT2D eigenvalue weighted by Crippen LogP contribution is -1.84. The Hall–Kier alpha value is -2.49. The fourth-order valence-electron chi connectivity index (χ4n) is 1.80. The predicted molar refractivity (Wildman–Crippen MR) is 68.3 cm³/mol. The van der Waals surface area contributed by atoms with Gasteiger partial charge in [0.2, 0.25) is 0 Å². The maximum atomic E-state index is 5.65. The molecule has 3 rings (SSSR count). The molecule has 4 nitrogen and oxygen atoms in total. The molecule has 0 saturated carbocycles. The van der Waals surface area contributed by atoms with Crippen LogP contribution in [0, 0.1) is 0 Å². The number of oxazole rings is 1. The van der Waals surface area contributed by atoms with Crippen molar-refractivity contribution in [3.05, 3.63) is 42.5 Å². The van der Waals surface area contributed by atoms with E-state index < -0.39 is 0 Å². The first-order valence-corrected chi connectivity index (χ1v) is 5.24. The highest BCUT2D eigenvalue weighted by Crippen LogP contribution is 2.25. The Balaban J connectivity index is 2.13. The average molecular weight is 225 g/mol. The van der Waals surface area contributed by atoms with Gasteiger partial charge in [0.15, 0.2) is 5.58 Å². The van der Waals surface area contributed by atoms with E-state index in [-0.39, 0.29) is 6.01 Å². The molecule has 1 aromatic heterocycles. The number of fused-ring (bicyclic) bond motifs is 1.